The first-order valence-corrected chi connectivity index (χ1v) is 5.97. The van der Waals surface area contributed by atoms with Crippen LogP contribution >= 0.6 is 0 Å². The average molecular weight is 207 g/mol. The van der Waals surface area contributed by atoms with Gasteiger partial charge >= 0.3 is 0 Å². The fourth-order valence-corrected chi connectivity index (χ4v) is 2.10. The first-order chi connectivity index (χ1) is 7.19. The minimum Gasteiger partial charge on any atom is -0.309 e. The molecule has 1 aromatic rings. The molecule has 0 aliphatic carbocycles. The molecular weight excluding hydrogens is 186 g/mol. The van der Waals surface area contributed by atoms with E-state index >= 15 is 0 Å². The zero-order chi connectivity index (χ0) is 10.9. The van der Waals surface area contributed by atoms with Crippen molar-refractivity contribution in [2.75, 3.05) is 6.54 Å². The number of nitrogens with one attached hydrogen (secondary N) is 1. The van der Waals surface area contributed by atoms with E-state index in [1.54, 1.807) is 0 Å². The lowest BCUT2D eigenvalue weighted by Gasteiger charge is -2.23. The highest BCUT2D eigenvalue weighted by Crippen LogP contribution is 2.30. The molecule has 0 spiro atoms. The van der Waals surface area contributed by atoms with Crippen LogP contribution in [0.5, 0.6) is 0 Å². The summed E-state index contributed by atoms with van der Waals surface area (Å²) in [6.45, 7) is 9.84. The van der Waals surface area contributed by atoms with Crippen molar-refractivity contribution in [3.8, 4) is 0 Å². The Morgan fingerprint density at radius 1 is 1.47 bits per heavy atom. The van der Waals surface area contributed by atoms with Gasteiger partial charge < -0.3 is 5.32 Å². The van der Waals surface area contributed by atoms with Gasteiger partial charge in [0, 0.05) is 18.5 Å². The molecule has 0 saturated heterocycles. The van der Waals surface area contributed by atoms with Gasteiger partial charge in [0.15, 0.2) is 0 Å². The Morgan fingerprint density at radius 2 is 2.20 bits per heavy atom. The molecule has 2 heterocycles. The number of fused-ring (bicyclic) bond motifs is 1. The van der Waals surface area contributed by atoms with Crippen molar-refractivity contribution in [1.29, 1.82) is 0 Å². The van der Waals surface area contributed by atoms with E-state index in [9.17, 15) is 0 Å². The van der Waals surface area contributed by atoms with Gasteiger partial charge in [0.2, 0.25) is 0 Å². The van der Waals surface area contributed by atoms with Gasteiger partial charge in [-0.25, -0.2) is 0 Å². The summed E-state index contributed by atoms with van der Waals surface area (Å²) in [4.78, 5) is 0. The van der Waals surface area contributed by atoms with Crippen LogP contribution in [0.2, 0.25) is 0 Å². The quantitative estimate of drug-likeness (QED) is 0.822. The monoisotopic (exact) mass is 207 g/mol. The second-order valence-electron chi connectivity index (χ2n) is 4.69. The molecule has 0 atom stereocenters. The van der Waals surface area contributed by atoms with Crippen molar-refractivity contribution in [2.24, 2.45) is 0 Å². The van der Waals surface area contributed by atoms with E-state index in [1.165, 1.54) is 11.4 Å². The van der Waals surface area contributed by atoms with Crippen molar-refractivity contribution in [1.82, 2.24) is 15.1 Å². The molecule has 1 aromatic heterocycles. The van der Waals surface area contributed by atoms with Gasteiger partial charge in [-0.1, -0.05) is 20.8 Å². The molecule has 0 saturated carbocycles. The van der Waals surface area contributed by atoms with Crippen LogP contribution in [0.1, 0.15) is 45.0 Å². The Balaban J connectivity index is 2.32. The smallest absolute Gasteiger partial charge is 0.0686 e. The zero-order valence-corrected chi connectivity index (χ0v) is 10.0. The number of hydrogen-bond acceptors (Lipinski definition) is 2. The Labute approximate surface area is 91.9 Å². The number of rotatable bonds is 3. The van der Waals surface area contributed by atoms with Crippen LogP contribution in [0.3, 0.4) is 0 Å². The lowest BCUT2D eigenvalue weighted by molar-refractivity contribution is 0.410. The van der Waals surface area contributed by atoms with E-state index in [4.69, 9.17) is 5.10 Å². The van der Waals surface area contributed by atoms with Crippen LogP contribution in [0.25, 0.3) is 0 Å². The summed E-state index contributed by atoms with van der Waals surface area (Å²) in [6.07, 6.45) is 2.32. The largest absolute Gasteiger partial charge is 0.309 e. The fourth-order valence-electron chi connectivity index (χ4n) is 2.10. The third-order valence-corrected chi connectivity index (χ3v) is 3.85. The predicted molar refractivity (Wildman–Crippen MR) is 61.9 cm³/mol. The number of aromatic nitrogens is 2. The topological polar surface area (TPSA) is 29.9 Å². The fraction of sp³-hybridized carbons (Fsp3) is 0.750. The Bertz CT molecular complexity index is 313. The van der Waals surface area contributed by atoms with Crippen molar-refractivity contribution in [3.63, 3.8) is 0 Å². The minimum absolute atomic E-state index is 0.254. The molecule has 3 heteroatoms. The SMILES string of the molecule is CCC(C)(CC)c1cc2n(n1)CCNC2. The summed E-state index contributed by atoms with van der Waals surface area (Å²) in [5.74, 6) is 0. The second-order valence-corrected chi connectivity index (χ2v) is 4.69. The molecule has 0 fully saturated rings. The van der Waals surface area contributed by atoms with Crippen molar-refractivity contribution in [3.05, 3.63) is 17.5 Å². The first-order valence-electron chi connectivity index (χ1n) is 5.97. The van der Waals surface area contributed by atoms with Gasteiger partial charge in [0.05, 0.1) is 17.9 Å². The Hall–Kier alpha value is -0.830. The van der Waals surface area contributed by atoms with Gasteiger partial charge in [-0.3, -0.25) is 4.68 Å². The third kappa shape index (κ3) is 1.81. The molecule has 0 radical (unpaired) electrons. The molecule has 84 valence electrons. The Kier molecular flexibility index (Phi) is 2.83. The zero-order valence-electron chi connectivity index (χ0n) is 10.0. The Morgan fingerprint density at radius 3 is 2.80 bits per heavy atom. The maximum atomic E-state index is 4.74. The highest BCUT2D eigenvalue weighted by molar-refractivity contribution is 5.20. The molecule has 1 aliphatic heterocycles. The van der Waals surface area contributed by atoms with E-state index in [-0.39, 0.29) is 5.41 Å². The van der Waals surface area contributed by atoms with E-state index in [2.05, 4.69) is 36.8 Å². The van der Waals surface area contributed by atoms with E-state index in [1.807, 2.05) is 0 Å². The molecule has 1 N–H and O–H groups in total. The lowest BCUT2D eigenvalue weighted by Crippen LogP contribution is -2.28. The molecule has 0 aromatic carbocycles. The van der Waals surface area contributed by atoms with Crippen molar-refractivity contribution >= 4 is 0 Å². The average Bonchev–Trinajstić information content (AvgIpc) is 2.72. The van der Waals surface area contributed by atoms with Gasteiger partial charge in [0.1, 0.15) is 0 Å². The summed E-state index contributed by atoms with van der Waals surface area (Å²) >= 11 is 0. The maximum Gasteiger partial charge on any atom is 0.0686 e. The van der Waals surface area contributed by atoms with Crippen LogP contribution in [0, 0.1) is 0 Å². The molecule has 0 unspecified atom stereocenters. The van der Waals surface area contributed by atoms with E-state index in [0.29, 0.717) is 0 Å². The van der Waals surface area contributed by atoms with Crippen molar-refractivity contribution in [2.45, 2.75) is 52.1 Å². The normalized spacial score (nSPS) is 16.5. The maximum absolute atomic E-state index is 4.74. The molecule has 1 aliphatic rings. The van der Waals surface area contributed by atoms with Crippen LogP contribution in [-0.4, -0.2) is 16.3 Å². The summed E-state index contributed by atoms with van der Waals surface area (Å²) in [7, 11) is 0. The van der Waals surface area contributed by atoms with Gasteiger partial charge in [-0.2, -0.15) is 5.10 Å². The summed E-state index contributed by atoms with van der Waals surface area (Å²) in [5, 5.41) is 8.12. The minimum atomic E-state index is 0.254. The predicted octanol–water partition coefficient (Wildman–Crippen LogP) is 2.06. The molecular formula is C12H21N3. The highest BCUT2D eigenvalue weighted by atomic mass is 15.3. The van der Waals surface area contributed by atoms with E-state index < -0.39 is 0 Å². The molecule has 0 amide bonds. The first kappa shape index (κ1) is 10.7. The summed E-state index contributed by atoms with van der Waals surface area (Å²) in [6, 6.07) is 2.28. The number of nitrogens with zero attached hydrogens (tertiary/aromatic N) is 2. The van der Waals surface area contributed by atoms with E-state index in [0.717, 1.165) is 32.5 Å². The third-order valence-electron chi connectivity index (χ3n) is 3.85. The highest BCUT2D eigenvalue weighted by Gasteiger charge is 2.26. The molecule has 15 heavy (non-hydrogen) atoms. The molecule has 2 rings (SSSR count). The summed E-state index contributed by atoms with van der Waals surface area (Å²) in [5.41, 5.74) is 2.86. The lowest BCUT2D eigenvalue weighted by atomic mass is 9.81. The number of hydrogen-bond donors (Lipinski definition) is 1. The molecule has 3 nitrogen and oxygen atoms in total. The van der Waals surface area contributed by atoms with Gasteiger partial charge in [0.25, 0.3) is 0 Å². The summed E-state index contributed by atoms with van der Waals surface area (Å²) < 4.78 is 2.16. The van der Waals surface area contributed by atoms with Crippen LogP contribution < -0.4 is 5.32 Å². The standard InChI is InChI=1S/C12H21N3/c1-4-12(3,5-2)11-8-10-9-13-6-7-15(10)14-11/h8,13H,4-7,9H2,1-3H3. The second kappa shape index (κ2) is 3.97. The van der Waals surface area contributed by atoms with Gasteiger partial charge in [-0.05, 0) is 18.9 Å². The van der Waals surface area contributed by atoms with Crippen LogP contribution in [-0.2, 0) is 18.5 Å². The van der Waals surface area contributed by atoms with Crippen LogP contribution in [0.4, 0.5) is 0 Å². The van der Waals surface area contributed by atoms with Crippen molar-refractivity contribution < 1.29 is 0 Å². The van der Waals surface area contributed by atoms with Crippen LogP contribution in [0.15, 0.2) is 6.07 Å². The van der Waals surface area contributed by atoms with Gasteiger partial charge in [-0.15, -0.1) is 0 Å². The molecule has 0 bridgehead atoms.